The van der Waals surface area contributed by atoms with E-state index in [0.717, 1.165) is 32.6 Å². The van der Waals surface area contributed by atoms with Crippen LogP contribution in [0.2, 0.25) is 0 Å². The fourth-order valence-electron chi connectivity index (χ4n) is 6.75. The lowest BCUT2D eigenvalue weighted by Crippen LogP contribution is -2.64. The molecular formula is C34H50O12. The maximum Gasteiger partial charge on any atom is 0.341 e. The molecular weight excluding hydrogens is 600 g/mol. The summed E-state index contributed by atoms with van der Waals surface area (Å²) in [5, 5.41) is 23.9. The molecule has 1 saturated carbocycles. The number of rotatable bonds is 12. The molecule has 0 aromatic carbocycles. The van der Waals surface area contributed by atoms with E-state index in [2.05, 4.69) is 6.92 Å². The normalized spacial score (nSPS) is 34.0. The van der Waals surface area contributed by atoms with Crippen LogP contribution in [0.5, 0.6) is 0 Å². The number of allylic oxidation sites excluding steroid dienone is 1. The lowest BCUT2D eigenvalue weighted by Gasteiger charge is -2.42. The van der Waals surface area contributed by atoms with Gasteiger partial charge in [0.15, 0.2) is 29.5 Å². The fourth-order valence-corrected chi connectivity index (χ4v) is 6.75. The molecule has 1 aliphatic heterocycles. The smallest absolute Gasteiger partial charge is 0.341 e. The first kappa shape index (κ1) is 37.2. The summed E-state index contributed by atoms with van der Waals surface area (Å²) in [6.45, 7) is 13.8. The first-order valence-electron chi connectivity index (χ1n) is 16.2. The molecule has 0 radical (unpaired) electrons. The lowest BCUT2D eigenvalue weighted by atomic mass is 9.75. The van der Waals surface area contributed by atoms with E-state index in [1.807, 2.05) is 0 Å². The van der Waals surface area contributed by atoms with Crippen LogP contribution in [-0.4, -0.2) is 81.3 Å². The number of carbonyl (C=O) groups is 5. The molecule has 3 rings (SSSR count). The zero-order chi connectivity index (χ0) is 34.8. The summed E-state index contributed by atoms with van der Waals surface area (Å²) in [5.41, 5.74) is -6.16. The van der Waals surface area contributed by atoms with Gasteiger partial charge in [-0.1, -0.05) is 52.5 Å². The van der Waals surface area contributed by atoms with Gasteiger partial charge in [0.2, 0.25) is 0 Å². The Morgan fingerprint density at radius 2 is 1.65 bits per heavy atom. The van der Waals surface area contributed by atoms with Crippen molar-refractivity contribution in [3.63, 3.8) is 0 Å². The monoisotopic (exact) mass is 650 g/mol. The van der Waals surface area contributed by atoms with E-state index in [4.69, 9.17) is 23.7 Å². The van der Waals surface area contributed by atoms with Crippen molar-refractivity contribution in [3.8, 4) is 0 Å². The largest absolute Gasteiger partial charge is 0.459 e. The highest BCUT2D eigenvalue weighted by Gasteiger charge is 2.76. The highest BCUT2D eigenvalue weighted by atomic mass is 16.6. The molecule has 0 unspecified atom stereocenters. The van der Waals surface area contributed by atoms with Crippen LogP contribution in [0.15, 0.2) is 22.8 Å². The Kier molecular flexibility index (Phi) is 11.5. The van der Waals surface area contributed by atoms with Crippen molar-refractivity contribution in [2.45, 2.75) is 148 Å². The second-order valence-electron chi connectivity index (χ2n) is 13.4. The summed E-state index contributed by atoms with van der Waals surface area (Å²) in [7, 11) is 0. The van der Waals surface area contributed by atoms with Crippen molar-refractivity contribution in [3.05, 3.63) is 22.8 Å². The van der Waals surface area contributed by atoms with E-state index in [9.17, 15) is 34.2 Å². The minimum Gasteiger partial charge on any atom is -0.459 e. The molecule has 0 spiro atoms. The predicted octanol–water partition coefficient (Wildman–Crippen LogP) is 3.78. The minimum absolute atomic E-state index is 0.0752. The number of esters is 5. The summed E-state index contributed by atoms with van der Waals surface area (Å²) in [6.07, 6.45) is -0.183. The zero-order valence-electron chi connectivity index (χ0n) is 28.5. The average molecular weight is 651 g/mol. The van der Waals surface area contributed by atoms with Gasteiger partial charge in [-0.2, -0.15) is 0 Å². The van der Waals surface area contributed by atoms with E-state index in [1.165, 1.54) is 13.8 Å². The SMILES string of the molecule is C/C=C(/C)C(=O)O[C@H]1C(C)=C2[C@H]([C@@H]1OC(=O)CCCCCCC)[C@@](C)(OC(C)=O)C[C@H](OC(=O)C(C)C)[C@@]1(O)[C@H]2OC(=O)[C@@]1(C)O. The first-order chi connectivity index (χ1) is 21.4. The van der Waals surface area contributed by atoms with Gasteiger partial charge in [0.1, 0.15) is 11.7 Å². The quantitative estimate of drug-likeness (QED) is 0.103. The molecule has 12 nitrogen and oxygen atoms in total. The molecule has 8 atom stereocenters. The summed E-state index contributed by atoms with van der Waals surface area (Å²) >= 11 is 0. The van der Waals surface area contributed by atoms with Gasteiger partial charge in [0.05, 0.1) is 11.8 Å². The molecule has 46 heavy (non-hydrogen) atoms. The second-order valence-corrected chi connectivity index (χ2v) is 13.4. The van der Waals surface area contributed by atoms with Crippen LogP contribution in [0.1, 0.15) is 107 Å². The molecule has 0 aromatic heterocycles. The number of hydrogen-bond donors (Lipinski definition) is 2. The molecule has 3 aliphatic rings. The first-order valence-corrected chi connectivity index (χ1v) is 16.2. The van der Waals surface area contributed by atoms with Gasteiger partial charge in [0, 0.05) is 25.3 Å². The van der Waals surface area contributed by atoms with E-state index in [0.29, 0.717) is 6.42 Å². The molecule has 12 heteroatoms. The zero-order valence-corrected chi connectivity index (χ0v) is 28.5. The highest BCUT2D eigenvalue weighted by molar-refractivity contribution is 5.88. The van der Waals surface area contributed by atoms with E-state index < -0.39 is 89.3 Å². The van der Waals surface area contributed by atoms with Crippen LogP contribution >= 0.6 is 0 Å². The summed E-state index contributed by atoms with van der Waals surface area (Å²) in [6, 6.07) is 0. The molecule has 2 N–H and O–H groups in total. The number of carbonyl (C=O) groups excluding carboxylic acids is 5. The van der Waals surface area contributed by atoms with Crippen LogP contribution in [0.25, 0.3) is 0 Å². The third-order valence-corrected chi connectivity index (χ3v) is 9.52. The number of fused-ring (bicyclic) bond motifs is 3. The van der Waals surface area contributed by atoms with Gasteiger partial charge in [-0.15, -0.1) is 0 Å². The molecule has 0 bridgehead atoms. The number of unbranched alkanes of at least 4 members (excludes halogenated alkanes) is 4. The summed E-state index contributed by atoms with van der Waals surface area (Å²) in [4.78, 5) is 65.2. The van der Waals surface area contributed by atoms with Crippen molar-refractivity contribution in [2.75, 3.05) is 0 Å². The number of hydrogen-bond acceptors (Lipinski definition) is 12. The maximum atomic E-state index is 13.3. The van der Waals surface area contributed by atoms with E-state index >= 15 is 0 Å². The van der Waals surface area contributed by atoms with Crippen LogP contribution < -0.4 is 0 Å². The molecule has 258 valence electrons. The van der Waals surface area contributed by atoms with Gasteiger partial charge in [-0.3, -0.25) is 14.4 Å². The summed E-state index contributed by atoms with van der Waals surface area (Å²) < 4.78 is 29.3. The van der Waals surface area contributed by atoms with Crippen LogP contribution in [-0.2, 0) is 47.7 Å². The molecule has 1 heterocycles. The molecule has 2 aliphatic carbocycles. The Balaban J connectivity index is 2.24. The fraction of sp³-hybridized carbons (Fsp3) is 0.735. The van der Waals surface area contributed by atoms with Gasteiger partial charge in [-0.05, 0) is 52.2 Å². The Labute approximate surface area is 270 Å². The Bertz CT molecular complexity index is 1280. The maximum absolute atomic E-state index is 13.3. The van der Waals surface area contributed by atoms with E-state index in [-0.39, 0.29) is 23.1 Å². The second kappa shape index (κ2) is 14.3. The predicted molar refractivity (Wildman–Crippen MR) is 164 cm³/mol. The van der Waals surface area contributed by atoms with Crippen molar-refractivity contribution in [1.29, 1.82) is 0 Å². The van der Waals surface area contributed by atoms with Crippen molar-refractivity contribution in [2.24, 2.45) is 11.8 Å². The van der Waals surface area contributed by atoms with Crippen LogP contribution in [0, 0.1) is 11.8 Å². The Morgan fingerprint density at radius 3 is 2.22 bits per heavy atom. The van der Waals surface area contributed by atoms with Crippen molar-refractivity contribution >= 4 is 29.8 Å². The van der Waals surface area contributed by atoms with Gasteiger partial charge in [-0.25, -0.2) is 9.59 Å². The minimum atomic E-state index is -2.58. The molecule has 1 saturated heterocycles. The van der Waals surface area contributed by atoms with Crippen molar-refractivity contribution < 1.29 is 57.9 Å². The molecule has 0 amide bonds. The molecule has 2 fully saturated rings. The standard InChI is InChI=1S/C34H50O12/c1-10-12-13-14-15-16-23(36)43-27-25-24(20(6)26(27)44-30(38)19(5)11-2)28-34(41,33(9,40)31(39)45-28)22(42-29(37)18(3)4)17-32(25,8)46-21(7)35/h11,18,22,25-28,40-41H,10,12-17H2,1-9H3/b19-11-/t22-,25+,26-,27-,28-,32-,33+,34+/m0/s1. The van der Waals surface area contributed by atoms with Gasteiger partial charge < -0.3 is 33.9 Å². The highest BCUT2D eigenvalue weighted by Crippen LogP contribution is 2.57. The van der Waals surface area contributed by atoms with E-state index in [1.54, 1.807) is 40.7 Å². The topological polar surface area (TPSA) is 172 Å². The van der Waals surface area contributed by atoms with Gasteiger partial charge >= 0.3 is 29.8 Å². The lowest BCUT2D eigenvalue weighted by molar-refractivity contribution is -0.213. The third-order valence-electron chi connectivity index (χ3n) is 9.52. The number of ether oxygens (including phenoxy) is 5. The van der Waals surface area contributed by atoms with Crippen molar-refractivity contribution in [1.82, 2.24) is 0 Å². The number of aliphatic hydroxyl groups is 2. The average Bonchev–Trinajstić information content (AvgIpc) is 3.30. The Hall–Kier alpha value is -3.25. The van der Waals surface area contributed by atoms with Crippen LogP contribution in [0.3, 0.4) is 0 Å². The third kappa shape index (κ3) is 6.88. The molecule has 0 aromatic rings. The van der Waals surface area contributed by atoms with Gasteiger partial charge in [0.25, 0.3) is 0 Å². The van der Waals surface area contributed by atoms with Crippen LogP contribution in [0.4, 0.5) is 0 Å². The Morgan fingerprint density at radius 1 is 1.02 bits per heavy atom. The summed E-state index contributed by atoms with van der Waals surface area (Å²) in [5.74, 6) is -5.73.